The molecule has 0 fully saturated rings. The van der Waals surface area contributed by atoms with Crippen LogP contribution in [0.1, 0.15) is 16.8 Å². The van der Waals surface area contributed by atoms with Crippen LogP contribution >= 0.6 is 0 Å². The lowest BCUT2D eigenvalue weighted by Crippen LogP contribution is -2.25. The normalized spacial score (nSPS) is 10.5. The Morgan fingerprint density at radius 3 is 2.71 bits per heavy atom. The Balaban J connectivity index is 1.50. The summed E-state index contributed by atoms with van der Waals surface area (Å²) in [6.07, 6.45) is 2.44. The first-order valence-corrected chi connectivity index (χ1v) is 7.85. The van der Waals surface area contributed by atoms with Crippen LogP contribution in [0.3, 0.4) is 0 Å². The standard InChI is InChI=1S/C19H18FN3O/c20-15-7-8-16-17(9-12-22-18(16)13-15)21-10-4-11-23-19(24)14-5-2-1-3-6-14/h1-3,5-9,12-13H,4,10-11H2,(H,21,22)(H,23,24). The Kier molecular flexibility index (Phi) is 5.01. The van der Waals surface area contributed by atoms with Gasteiger partial charge in [-0.25, -0.2) is 4.39 Å². The summed E-state index contributed by atoms with van der Waals surface area (Å²) in [4.78, 5) is 16.1. The third-order valence-corrected chi connectivity index (χ3v) is 3.70. The van der Waals surface area contributed by atoms with Crippen molar-refractivity contribution in [3.8, 4) is 0 Å². The van der Waals surface area contributed by atoms with Crippen molar-refractivity contribution in [1.29, 1.82) is 0 Å². The Bertz CT molecular complexity index is 836. The number of amides is 1. The minimum atomic E-state index is -0.296. The van der Waals surface area contributed by atoms with Crippen LogP contribution in [0.5, 0.6) is 0 Å². The molecule has 122 valence electrons. The van der Waals surface area contributed by atoms with Gasteiger partial charge in [-0.15, -0.1) is 0 Å². The van der Waals surface area contributed by atoms with E-state index in [0.29, 0.717) is 24.2 Å². The summed E-state index contributed by atoms with van der Waals surface area (Å²) in [5, 5.41) is 7.08. The van der Waals surface area contributed by atoms with Crippen molar-refractivity contribution < 1.29 is 9.18 Å². The molecule has 0 aliphatic carbocycles. The molecule has 0 saturated carbocycles. The smallest absolute Gasteiger partial charge is 0.251 e. The topological polar surface area (TPSA) is 54.0 Å². The van der Waals surface area contributed by atoms with Gasteiger partial charge in [0.15, 0.2) is 0 Å². The number of rotatable bonds is 6. The van der Waals surface area contributed by atoms with E-state index in [1.165, 1.54) is 12.1 Å². The van der Waals surface area contributed by atoms with E-state index in [1.807, 2.05) is 24.3 Å². The molecule has 0 spiro atoms. The third-order valence-electron chi connectivity index (χ3n) is 3.70. The second-order valence-corrected chi connectivity index (χ2v) is 5.42. The van der Waals surface area contributed by atoms with Crippen LogP contribution in [0.25, 0.3) is 10.9 Å². The van der Waals surface area contributed by atoms with Crippen LogP contribution < -0.4 is 10.6 Å². The summed E-state index contributed by atoms with van der Waals surface area (Å²) >= 11 is 0. The summed E-state index contributed by atoms with van der Waals surface area (Å²) < 4.78 is 13.2. The van der Waals surface area contributed by atoms with Gasteiger partial charge in [-0.2, -0.15) is 0 Å². The van der Waals surface area contributed by atoms with Crippen molar-refractivity contribution in [3.63, 3.8) is 0 Å². The fourth-order valence-electron chi connectivity index (χ4n) is 2.48. The van der Waals surface area contributed by atoms with Gasteiger partial charge >= 0.3 is 0 Å². The minimum Gasteiger partial charge on any atom is -0.384 e. The molecule has 3 aromatic rings. The maximum Gasteiger partial charge on any atom is 0.251 e. The predicted octanol–water partition coefficient (Wildman–Crippen LogP) is 3.61. The van der Waals surface area contributed by atoms with E-state index in [4.69, 9.17) is 0 Å². The lowest BCUT2D eigenvalue weighted by molar-refractivity contribution is 0.0953. The molecule has 1 amide bonds. The largest absolute Gasteiger partial charge is 0.384 e. The van der Waals surface area contributed by atoms with Gasteiger partial charge in [0.2, 0.25) is 0 Å². The highest BCUT2D eigenvalue weighted by atomic mass is 19.1. The molecule has 2 N–H and O–H groups in total. The molecule has 0 unspecified atom stereocenters. The summed E-state index contributed by atoms with van der Waals surface area (Å²) in [6, 6.07) is 15.6. The zero-order chi connectivity index (χ0) is 16.8. The van der Waals surface area contributed by atoms with Gasteiger partial charge in [0.05, 0.1) is 5.52 Å². The molecule has 0 radical (unpaired) electrons. The van der Waals surface area contributed by atoms with Gasteiger partial charge in [0, 0.05) is 42.0 Å². The highest BCUT2D eigenvalue weighted by Gasteiger charge is 2.04. The number of pyridine rings is 1. The van der Waals surface area contributed by atoms with Crippen molar-refractivity contribution in [2.45, 2.75) is 6.42 Å². The number of nitrogens with zero attached hydrogens (tertiary/aromatic N) is 1. The predicted molar refractivity (Wildman–Crippen MR) is 93.6 cm³/mol. The number of carbonyl (C=O) groups excluding carboxylic acids is 1. The SMILES string of the molecule is O=C(NCCCNc1ccnc2cc(F)ccc12)c1ccccc1. The van der Waals surface area contributed by atoms with Crippen molar-refractivity contribution >= 4 is 22.5 Å². The van der Waals surface area contributed by atoms with Crippen LogP contribution in [0.4, 0.5) is 10.1 Å². The number of carbonyl (C=O) groups is 1. The Morgan fingerprint density at radius 1 is 1.04 bits per heavy atom. The molecule has 0 saturated heterocycles. The Morgan fingerprint density at radius 2 is 1.88 bits per heavy atom. The van der Waals surface area contributed by atoms with Crippen molar-refractivity contribution in [2.24, 2.45) is 0 Å². The molecule has 3 rings (SSSR count). The van der Waals surface area contributed by atoms with E-state index in [-0.39, 0.29) is 11.7 Å². The maximum absolute atomic E-state index is 13.2. The number of hydrogen-bond donors (Lipinski definition) is 2. The van der Waals surface area contributed by atoms with Crippen LogP contribution in [-0.4, -0.2) is 24.0 Å². The van der Waals surface area contributed by atoms with E-state index in [9.17, 15) is 9.18 Å². The van der Waals surface area contributed by atoms with E-state index in [0.717, 1.165) is 17.5 Å². The lowest BCUT2D eigenvalue weighted by Gasteiger charge is -2.10. The first kappa shape index (κ1) is 15.9. The van der Waals surface area contributed by atoms with Crippen molar-refractivity contribution in [1.82, 2.24) is 10.3 Å². The van der Waals surface area contributed by atoms with E-state index >= 15 is 0 Å². The number of hydrogen-bond acceptors (Lipinski definition) is 3. The number of aromatic nitrogens is 1. The fourth-order valence-corrected chi connectivity index (χ4v) is 2.48. The molecular formula is C19H18FN3O. The molecule has 24 heavy (non-hydrogen) atoms. The van der Waals surface area contributed by atoms with Crippen LogP contribution in [0, 0.1) is 5.82 Å². The molecule has 4 nitrogen and oxygen atoms in total. The first-order chi connectivity index (χ1) is 11.7. The van der Waals surface area contributed by atoms with E-state index in [2.05, 4.69) is 15.6 Å². The zero-order valence-corrected chi connectivity index (χ0v) is 13.1. The van der Waals surface area contributed by atoms with Crippen molar-refractivity contribution in [3.05, 3.63) is 72.2 Å². The number of fused-ring (bicyclic) bond motifs is 1. The third kappa shape index (κ3) is 3.87. The molecule has 1 aromatic heterocycles. The molecule has 0 bridgehead atoms. The molecular weight excluding hydrogens is 305 g/mol. The zero-order valence-electron chi connectivity index (χ0n) is 13.1. The minimum absolute atomic E-state index is 0.0690. The molecule has 1 heterocycles. The summed E-state index contributed by atoms with van der Waals surface area (Å²) in [5.74, 6) is -0.365. The second-order valence-electron chi connectivity index (χ2n) is 5.42. The van der Waals surface area contributed by atoms with Gasteiger partial charge in [-0.05, 0) is 36.8 Å². The molecule has 0 aliphatic rings. The van der Waals surface area contributed by atoms with Gasteiger partial charge in [0.1, 0.15) is 5.82 Å². The van der Waals surface area contributed by atoms with Gasteiger partial charge in [-0.3, -0.25) is 9.78 Å². The van der Waals surface area contributed by atoms with E-state index < -0.39 is 0 Å². The fraction of sp³-hybridized carbons (Fsp3) is 0.158. The Labute approximate surface area is 139 Å². The van der Waals surface area contributed by atoms with Gasteiger partial charge in [0.25, 0.3) is 5.91 Å². The average molecular weight is 323 g/mol. The highest BCUT2D eigenvalue weighted by molar-refractivity contribution is 5.94. The van der Waals surface area contributed by atoms with Crippen LogP contribution in [0.2, 0.25) is 0 Å². The van der Waals surface area contributed by atoms with Crippen LogP contribution in [0.15, 0.2) is 60.8 Å². The van der Waals surface area contributed by atoms with Gasteiger partial charge < -0.3 is 10.6 Å². The quantitative estimate of drug-likeness (QED) is 0.682. The second kappa shape index (κ2) is 7.55. The molecule has 5 heteroatoms. The molecule has 2 aromatic carbocycles. The highest BCUT2D eigenvalue weighted by Crippen LogP contribution is 2.21. The summed E-state index contributed by atoms with van der Waals surface area (Å²) in [6.45, 7) is 1.28. The average Bonchev–Trinajstić information content (AvgIpc) is 2.61. The lowest BCUT2D eigenvalue weighted by atomic mass is 10.2. The monoisotopic (exact) mass is 323 g/mol. The number of anilines is 1. The summed E-state index contributed by atoms with van der Waals surface area (Å²) in [5.41, 5.74) is 2.19. The van der Waals surface area contributed by atoms with Crippen LogP contribution in [-0.2, 0) is 0 Å². The maximum atomic E-state index is 13.2. The number of halogens is 1. The van der Waals surface area contributed by atoms with Crippen molar-refractivity contribution in [2.75, 3.05) is 18.4 Å². The molecule has 0 atom stereocenters. The van der Waals surface area contributed by atoms with Gasteiger partial charge in [-0.1, -0.05) is 18.2 Å². The number of benzene rings is 2. The molecule has 0 aliphatic heterocycles. The number of nitrogens with one attached hydrogen (secondary N) is 2. The summed E-state index contributed by atoms with van der Waals surface area (Å²) in [7, 11) is 0. The van der Waals surface area contributed by atoms with E-state index in [1.54, 1.807) is 24.4 Å². The first-order valence-electron chi connectivity index (χ1n) is 7.85. The Hall–Kier alpha value is -2.95.